The first-order valence-corrected chi connectivity index (χ1v) is 10.8. The number of hydrogen-bond donors (Lipinski definition) is 1. The molecule has 1 amide bonds. The number of thiol groups is 1. The fourth-order valence-electron chi connectivity index (χ4n) is 3.53. The Hall–Kier alpha value is -1.16. The molecule has 0 spiro atoms. The van der Waals surface area contributed by atoms with E-state index >= 15 is 0 Å². The summed E-state index contributed by atoms with van der Waals surface area (Å²) in [5, 5.41) is 8.95. The summed E-state index contributed by atoms with van der Waals surface area (Å²) in [6.07, 6.45) is 1.05. The molecule has 1 saturated heterocycles. The van der Waals surface area contributed by atoms with Crippen LogP contribution in [0, 0.1) is 0 Å². The summed E-state index contributed by atoms with van der Waals surface area (Å²) < 4.78 is 12.3. The zero-order chi connectivity index (χ0) is 20.1. The van der Waals surface area contributed by atoms with Gasteiger partial charge in [0.2, 0.25) is 0 Å². The van der Waals surface area contributed by atoms with E-state index in [1.54, 1.807) is 4.90 Å². The van der Waals surface area contributed by atoms with E-state index in [1.807, 2.05) is 34.9 Å². The molecule has 0 saturated carbocycles. The number of ether oxygens (including phenoxy) is 1. The summed E-state index contributed by atoms with van der Waals surface area (Å²) in [6, 6.07) is 0. The molecule has 3 heterocycles. The number of carbonyl (C=O) groups is 1. The van der Waals surface area contributed by atoms with Crippen LogP contribution in [-0.2, 0) is 11.2 Å². The van der Waals surface area contributed by atoms with Gasteiger partial charge in [0.25, 0.3) is 0 Å². The molecular formula is C18H26GaN4O3S+. The number of piperidine rings is 1. The van der Waals surface area contributed by atoms with Gasteiger partial charge in [0.05, 0.1) is 0 Å². The number of carbonyl (C=O) groups excluding carboxylic acids is 1. The second-order valence-electron chi connectivity index (χ2n) is 8.29. The summed E-state index contributed by atoms with van der Waals surface area (Å²) in [6.45, 7) is 8.09. The Morgan fingerprint density at radius 3 is 2.70 bits per heavy atom. The van der Waals surface area contributed by atoms with E-state index in [4.69, 9.17) is 14.4 Å². The van der Waals surface area contributed by atoms with Gasteiger partial charge >= 0.3 is 176 Å². The van der Waals surface area contributed by atoms with Crippen molar-refractivity contribution < 1.29 is 18.6 Å². The Labute approximate surface area is 175 Å². The van der Waals surface area contributed by atoms with E-state index in [-0.39, 0.29) is 11.5 Å². The van der Waals surface area contributed by atoms with Crippen LogP contribution in [0.4, 0.5) is 4.79 Å². The molecular weight excluding hydrogens is 422 g/mol. The van der Waals surface area contributed by atoms with E-state index in [2.05, 4.69) is 24.7 Å². The maximum absolute atomic E-state index is 12.7. The fraction of sp³-hybridized carbons (Fsp3) is 0.611. The standard InChI is InChI=1S/C18H25N4O3S.Ga/c1-7-11-10-24-20-15(11)16-12-9-21(17(23)25-18(2,3)4)14(26)8-13(12)19-22(16,5)6;/h14H,7-9H2,1-6H3;/p+1. The summed E-state index contributed by atoms with van der Waals surface area (Å²) in [5.74, 6) is 0. The molecule has 0 bridgehead atoms. The molecule has 1 aromatic heterocycles. The number of quaternary nitrogens is 1. The molecule has 9 heteroatoms. The molecule has 7 nitrogen and oxygen atoms in total. The van der Waals surface area contributed by atoms with E-state index in [9.17, 15) is 4.79 Å². The third kappa shape index (κ3) is 3.87. The Morgan fingerprint density at radius 2 is 2.11 bits per heavy atom. The molecule has 0 aliphatic carbocycles. The van der Waals surface area contributed by atoms with Crippen LogP contribution in [0.5, 0.6) is 0 Å². The summed E-state index contributed by atoms with van der Waals surface area (Å²) in [7, 11) is 4.04. The van der Waals surface area contributed by atoms with Gasteiger partial charge in [0.1, 0.15) is 0 Å². The fourth-order valence-corrected chi connectivity index (χ4v) is 4.70. The molecule has 2 aliphatic rings. The zero-order valence-corrected chi connectivity index (χ0v) is 20.1. The molecule has 2 radical (unpaired) electrons. The topological polar surface area (TPSA) is 67.9 Å². The van der Waals surface area contributed by atoms with Gasteiger partial charge < -0.3 is 0 Å². The van der Waals surface area contributed by atoms with Crippen LogP contribution in [0.25, 0.3) is 5.70 Å². The first kappa shape index (κ1) is 20.6. The molecule has 2 aliphatic heterocycles. The van der Waals surface area contributed by atoms with Crippen LogP contribution in [0.2, 0.25) is 0 Å². The third-order valence-corrected chi connectivity index (χ3v) is 6.05. The average molecular weight is 448 g/mol. The van der Waals surface area contributed by atoms with Crippen LogP contribution < -0.4 is 4.31 Å². The molecule has 1 unspecified atom stereocenters. The van der Waals surface area contributed by atoms with Gasteiger partial charge in [-0.1, -0.05) is 0 Å². The maximum atomic E-state index is 12.7. The molecule has 3 rings (SSSR count). The molecule has 1 aromatic rings. The van der Waals surface area contributed by atoms with Crippen molar-refractivity contribution in [2.24, 2.45) is 5.10 Å². The Kier molecular flexibility index (Phi) is 5.35. The quantitative estimate of drug-likeness (QED) is 0.428. The first-order chi connectivity index (χ1) is 12.4. The van der Waals surface area contributed by atoms with Crippen molar-refractivity contribution >= 4 is 53.0 Å². The van der Waals surface area contributed by atoms with Gasteiger partial charge in [-0.25, -0.2) is 0 Å². The van der Waals surface area contributed by atoms with Crippen molar-refractivity contribution in [3.8, 4) is 0 Å². The summed E-state index contributed by atoms with van der Waals surface area (Å²) >= 11 is 6.05. The van der Waals surface area contributed by atoms with Crippen LogP contribution in [0.15, 0.2) is 15.2 Å². The van der Waals surface area contributed by atoms with Crippen LogP contribution in [0.3, 0.4) is 0 Å². The summed E-state index contributed by atoms with van der Waals surface area (Å²) in [5.41, 5.74) is 4.38. The minimum absolute atomic E-state index is 0.269. The average Bonchev–Trinajstić information content (AvgIpc) is 2.99. The van der Waals surface area contributed by atoms with Gasteiger partial charge in [-0.2, -0.15) is 0 Å². The Morgan fingerprint density at radius 1 is 1.44 bits per heavy atom. The zero-order valence-electron chi connectivity index (χ0n) is 16.7. The predicted octanol–water partition coefficient (Wildman–Crippen LogP) is 2.08. The van der Waals surface area contributed by atoms with Crippen LogP contribution >= 0.6 is 12.6 Å². The van der Waals surface area contributed by atoms with Gasteiger partial charge in [-0.3, -0.25) is 0 Å². The number of fused-ring (bicyclic) bond motifs is 1. The van der Waals surface area contributed by atoms with Crippen molar-refractivity contribution in [2.75, 3.05) is 20.6 Å². The molecule has 1 fully saturated rings. The minimum atomic E-state index is -0.554. The molecule has 0 N–H and O–H groups in total. The number of amides is 1. The number of hydrogen-bond acceptors (Lipinski definition) is 6. The molecule has 144 valence electrons. The number of aromatic nitrogens is 1. The van der Waals surface area contributed by atoms with Gasteiger partial charge in [-0.05, 0) is 0 Å². The van der Waals surface area contributed by atoms with Crippen molar-refractivity contribution in [3.63, 3.8) is 0 Å². The van der Waals surface area contributed by atoms with E-state index in [1.165, 1.54) is 18.6 Å². The SMILES string of the molecule is CCc1c(C2=C3CN(C(=O)OC(C)(C)C)C(S)CC3=N[N+]2(C)C)no[c]1[Ga]. The normalized spacial score (nSPS) is 22.0. The van der Waals surface area contributed by atoms with Crippen molar-refractivity contribution in [2.45, 2.75) is 51.5 Å². The molecule has 1 atom stereocenters. The van der Waals surface area contributed by atoms with Crippen LogP contribution in [-0.4, -0.2) is 76.7 Å². The Bertz CT molecular complexity index is 838. The second kappa shape index (κ2) is 7.02. The monoisotopic (exact) mass is 447 g/mol. The van der Waals surface area contributed by atoms with Crippen LogP contribution in [0.1, 0.15) is 45.4 Å². The Balaban J connectivity index is 2.04. The number of rotatable bonds is 2. The number of likely N-dealkylation sites (tertiary alicyclic amines) is 1. The predicted molar refractivity (Wildman–Crippen MR) is 108 cm³/mol. The van der Waals surface area contributed by atoms with Crippen molar-refractivity contribution in [1.29, 1.82) is 0 Å². The molecule has 0 aromatic carbocycles. The van der Waals surface area contributed by atoms with E-state index in [0.29, 0.717) is 17.6 Å². The van der Waals surface area contributed by atoms with Gasteiger partial charge in [0, 0.05) is 0 Å². The number of nitrogens with zero attached hydrogens (tertiary/aromatic N) is 4. The van der Waals surface area contributed by atoms with Crippen molar-refractivity contribution in [3.05, 3.63) is 16.8 Å². The van der Waals surface area contributed by atoms with E-state index < -0.39 is 5.60 Å². The summed E-state index contributed by atoms with van der Waals surface area (Å²) in [4.78, 5) is 14.4. The first-order valence-electron chi connectivity index (χ1n) is 9.04. The van der Waals surface area contributed by atoms with Gasteiger partial charge in [-0.15, -0.1) is 0 Å². The van der Waals surface area contributed by atoms with Crippen molar-refractivity contribution in [1.82, 2.24) is 10.1 Å². The molecule has 27 heavy (non-hydrogen) atoms. The van der Waals surface area contributed by atoms with Gasteiger partial charge in [0.15, 0.2) is 0 Å². The van der Waals surface area contributed by atoms with E-state index in [0.717, 1.165) is 39.0 Å². The second-order valence-corrected chi connectivity index (χ2v) is 9.99. The third-order valence-electron chi connectivity index (χ3n) is 4.64.